The molecule has 3 aromatic rings. The molecule has 0 bridgehead atoms. The van der Waals surface area contributed by atoms with Crippen molar-refractivity contribution in [1.82, 2.24) is 0 Å². The fourth-order valence-electron chi connectivity index (χ4n) is 2.24. The van der Waals surface area contributed by atoms with Gasteiger partial charge in [0.1, 0.15) is 0 Å². The molecule has 0 fully saturated rings. The zero-order chi connectivity index (χ0) is 15.2. The molecule has 0 aliphatic rings. The van der Waals surface area contributed by atoms with Crippen LogP contribution in [-0.4, -0.2) is 15.0 Å². The molecule has 3 rings (SSSR count). The van der Waals surface area contributed by atoms with Gasteiger partial charge in [-0.2, -0.15) is 0 Å². The van der Waals surface area contributed by atoms with Crippen LogP contribution in [0.2, 0.25) is 0 Å². The monoisotopic (exact) mass is 349 g/mol. The molecule has 0 amide bonds. The van der Waals surface area contributed by atoms with E-state index in [0.717, 1.165) is 10.9 Å². The molecular formula is C20H15NSe. The summed E-state index contributed by atoms with van der Waals surface area (Å²) in [6.45, 7) is 0. The second-order valence-electron chi connectivity index (χ2n) is 4.99. The molecular weight excluding hydrogens is 333 g/mol. The third-order valence-electron chi connectivity index (χ3n) is 3.43. The van der Waals surface area contributed by atoms with Gasteiger partial charge >= 0.3 is 137 Å². The topological polar surface area (TPSA) is 23.8 Å². The minimum absolute atomic E-state index is 0.434. The molecule has 2 heteroatoms. The number of nitrogens with zero attached hydrogens (tertiary/aromatic N) is 1. The average molecular weight is 348 g/mol. The van der Waals surface area contributed by atoms with Crippen LogP contribution in [0.1, 0.15) is 11.1 Å². The maximum absolute atomic E-state index is 8.87. The molecule has 0 radical (unpaired) electrons. The second-order valence-corrected chi connectivity index (χ2v) is 7.19. The molecule has 0 aliphatic carbocycles. The van der Waals surface area contributed by atoms with Gasteiger partial charge in [0.05, 0.1) is 0 Å². The first kappa shape index (κ1) is 14.6. The van der Waals surface area contributed by atoms with Crippen molar-refractivity contribution in [3.63, 3.8) is 0 Å². The van der Waals surface area contributed by atoms with Crippen molar-refractivity contribution in [2.45, 2.75) is 5.32 Å². The molecule has 0 atom stereocenters. The Morgan fingerprint density at radius 3 is 2.27 bits per heavy atom. The molecule has 0 saturated heterocycles. The van der Waals surface area contributed by atoms with Crippen molar-refractivity contribution in [2.24, 2.45) is 0 Å². The van der Waals surface area contributed by atoms with Crippen molar-refractivity contribution >= 4 is 19.4 Å². The SMILES string of the molecule is N#Cc1ccc(-c2cccc([Se]Cc3ccccc3)c2)cc1. The molecule has 106 valence electrons. The molecule has 0 unspecified atom stereocenters. The van der Waals surface area contributed by atoms with Crippen molar-refractivity contribution in [3.8, 4) is 17.2 Å². The molecule has 0 spiro atoms. The second kappa shape index (κ2) is 7.09. The van der Waals surface area contributed by atoms with Crippen molar-refractivity contribution in [3.05, 3.63) is 90.0 Å². The third kappa shape index (κ3) is 3.65. The summed E-state index contributed by atoms with van der Waals surface area (Å²) in [5, 5.41) is 9.99. The van der Waals surface area contributed by atoms with Crippen molar-refractivity contribution in [2.75, 3.05) is 0 Å². The van der Waals surface area contributed by atoms with E-state index < -0.39 is 0 Å². The Morgan fingerprint density at radius 1 is 0.773 bits per heavy atom. The first-order valence-corrected chi connectivity index (χ1v) is 9.19. The molecule has 0 aromatic heterocycles. The van der Waals surface area contributed by atoms with Crippen molar-refractivity contribution in [1.29, 1.82) is 5.26 Å². The third-order valence-corrected chi connectivity index (χ3v) is 5.66. The van der Waals surface area contributed by atoms with Crippen LogP contribution in [0.4, 0.5) is 0 Å². The Hall–Kier alpha value is -2.33. The van der Waals surface area contributed by atoms with Gasteiger partial charge in [-0.1, -0.05) is 0 Å². The van der Waals surface area contributed by atoms with E-state index in [0.29, 0.717) is 20.5 Å². The van der Waals surface area contributed by atoms with Gasteiger partial charge < -0.3 is 0 Å². The fourth-order valence-corrected chi connectivity index (χ4v) is 4.15. The summed E-state index contributed by atoms with van der Waals surface area (Å²) in [6, 6.07) is 29.3. The zero-order valence-corrected chi connectivity index (χ0v) is 13.8. The molecule has 0 heterocycles. The van der Waals surface area contributed by atoms with Crippen molar-refractivity contribution < 1.29 is 0 Å². The fraction of sp³-hybridized carbons (Fsp3) is 0.0500. The molecule has 1 nitrogen and oxygen atoms in total. The van der Waals surface area contributed by atoms with Gasteiger partial charge in [-0.3, -0.25) is 0 Å². The summed E-state index contributed by atoms with van der Waals surface area (Å²) in [5.41, 5.74) is 4.48. The molecule has 3 aromatic carbocycles. The first-order valence-electron chi connectivity index (χ1n) is 7.12. The van der Waals surface area contributed by atoms with E-state index in [9.17, 15) is 0 Å². The quantitative estimate of drug-likeness (QED) is 0.659. The van der Waals surface area contributed by atoms with E-state index >= 15 is 0 Å². The number of nitriles is 1. The van der Waals surface area contributed by atoms with E-state index in [1.165, 1.54) is 15.6 Å². The van der Waals surface area contributed by atoms with Gasteiger partial charge in [-0.25, -0.2) is 0 Å². The van der Waals surface area contributed by atoms with Crippen LogP contribution in [0.25, 0.3) is 11.1 Å². The van der Waals surface area contributed by atoms with Gasteiger partial charge in [-0.05, 0) is 0 Å². The van der Waals surface area contributed by atoms with Gasteiger partial charge in [-0.15, -0.1) is 0 Å². The van der Waals surface area contributed by atoms with E-state index in [1.54, 1.807) is 0 Å². The Kier molecular flexibility index (Phi) is 4.71. The minimum atomic E-state index is 0.434. The van der Waals surface area contributed by atoms with Crippen LogP contribution in [0, 0.1) is 11.3 Å². The normalized spacial score (nSPS) is 10.1. The summed E-state index contributed by atoms with van der Waals surface area (Å²) in [5.74, 6) is 0. The Morgan fingerprint density at radius 2 is 1.55 bits per heavy atom. The number of rotatable bonds is 4. The molecule has 0 saturated carbocycles. The summed E-state index contributed by atoms with van der Waals surface area (Å²) in [4.78, 5) is 0. The molecule has 22 heavy (non-hydrogen) atoms. The van der Waals surface area contributed by atoms with Gasteiger partial charge in [0.2, 0.25) is 0 Å². The summed E-state index contributed by atoms with van der Waals surface area (Å²) in [7, 11) is 0. The van der Waals surface area contributed by atoms with Crippen LogP contribution >= 0.6 is 0 Å². The van der Waals surface area contributed by atoms with Crippen LogP contribution in [0.3, 0.4) is 0 Å². The predicted octanol–water partition coefficient (Wildman–Crippen LogP) is 3.75. The number of benzene rings is 3. The van der Waals surface area contributed by atoms with E-state index in [4.69, 9.17) is 5.26 Å². The predicted molar refractivity (Wildman–Crippen MR) is 92.1 cm³/mol. The summed E-state index contributed by atoms with van der Waals surface area (Å²) in [6.07, 6.45) is 0. The Labute approximate surface area is 137 Å². The van der Waals surface area contributed by atoms with E-state index in [-0.39, 0.29) is 0 Å². The summed E-state index contributed by atoms with van der Waals surface area (Å²) >= 11 is 0.434. The zero-order valence-electron chi connectivity index (χ0n) is 12.1. The average Bonchev–Trinajstić information content (AvgIpc) is 2.61. The van der Waals surface area contributed by atoms with Gasteiger partial charge in [0, 0.05) is 0 Å². The van der Waals surface area contributed by atoms with Gasteiger partial charge in [0.25, 0.3) is 0 Å². The molecule has 0 N–H and O–H groups in total. The Balaban J connectivity index is 1.76. The number of hydrogen-bond donors (Lipinski definition) is 0. The van der Waals surface area contributed by atoms with Crippen LogP contribution in [0.15, 0.2) is 78.9 Å². The standard InChI is InChI=1S/C20H15NSe/c21-14-16-9-11-18(12-10-16)19-7-4-8-20(13-19)22-15-17-5-2-1-3-6-17/h1-13H,15H2. The molecule has 0 aliphatic heterocycles. The van der Waals surface area contributed by atoms with E-state index in [1.807, 2.05) is 24.3 Å². The first-order chi connectivity index (χ1) is 10.8. The summed E-state index contributed by atoms with van der Waals surface area (Å²) < 4.78 is 1.40. The number of hydrogen-bond acceptors (Lipinski definition) is 1. The van der Waals surface area contributed by atoms with Crippen LogP contribution in [-0.2, 0) is 5.32 Å². The maximum atomic E-state index is 8.87. The van der Waals surface area contributed by atoms with Crippen LogP contribution < -0.4 is 4.46 Å². The van der Waals surface area contributed by atoms with Crippen LogP contribution in [0.5, 0.6) is 0 Å². The van der Waals surface area contributed by atoms with E-state index in [2.05, 4.69) is 60.7 Å². The Bertz CT molecular complexity index is 786. The van der Waals surface area contributed by atoms with Gasteiger partial charge in [0.15, 0.2) is 0 Å².